The molecule has 0 radical (unpaired) electrons. The summed E-state index contributed by atoms with van der Waals surface area (Å²) in [6.45, 7) is 4.91. The number of aryl methyl sites for hydroxylation is 1. The van der Waals surface area contributed by atoms with E-state index in [0.29, 0.717) is 18.7 Å². The van der Waals surface area contributed by atoms with Gasteiger partial charge in [-0.05, 0) is 25.5 Å². The third-order valence-electron chi connectivity index (χ3n) is 2.88. The summed E-state index contributed by atoms with van der Waals surface area (Å²) in [7, 11) is 0. The summed E-state index contributed by atoms with van der Waals surface area (Å²) in [5, 5.41) is 6.57. The van der Waals surface area contributed by atoms with Gasteiger partial charge in [-0.25, -0.2) is 9.37 Å². The number of hydrogen-bond donors (Lipinski definition) is 2. The monoisotopic (exact) mass is 307 g/mol. The van der Waals surface area contributed by atoms with Gasteiger partial charge in [-0.1, -0.05) is 13.0 Å². The quantitative estimate of drug-likeness (QED) is 0.860. The number of carbonyl (C=O) groups is 1. The lowest BCUT2D eigenvalue weighted by Crippen LogP contribution is -2.24. The van der Waals surface area contributed by atoms with Crippen molar-refractivity contribution in [2.45, 2.75) is 26.8 Å². The Balaban J connectivity index is 2.09. The molecule has 1 aromatic carbocycles. The standard InChI is InChI=1S/C15H18FN3OS/c1-3-7-17-14-11(5-4-6-12(14)16)15(20)19-9-13-18-8-10(2)21-13/h4-6,8,17H,3,7,9H2,1-2H3,(H,19,20). The Labute approximate surface area is 127 Å². The molecule has 0 aliphatic carbocycles. The first kappa shape index (κ1) is 15.4. The predicted molar refractivity (Wildman–Crippen MR) is 83.2 cm³/mol. The van der Waals surface area contributed by atoms with Crippen LogP contribution in [0.25, 0.3) is 0 Å². The largest absolute Gasteiger partial charge is 0.382 e. The summed E-state index contributed by atoms with van der Waals surface area (Å²) < 4.78 is 13.8. The molecule has 0 aliphatic rings. The second-order valence-electron chi connectivity index (χ2n) is 4.64. The van der Waals surface area contributed by atoms with Gasteiger partial charge in [0.2, 0.25) is 0 Å². The number of hydrogen-bond acceptors (Lipinski definition) is 4. The van der Waals surface area contributed by atoms with Gasteiger partial charge in [0.05, 0.1) is 17.8 Å². The topological polar surface area (TPSA) is 54.0 Å². The maximum atomic E-state index is 13.8. The number of benzene rings is 1. The maximum Gasteiger partial charge on any atom is 0.253 e. The molecule has 1 amide bonds. The first-order chi connectivity index (χ1) is 10.1. The zero-order valence-electron chi connectivity index (χ0n) is 12.1. The van der Waals surface area contributed by atoms with Gasteiger partial charge in [-0.2, -0.15) is 0 Å². The van der Waals surface area contributed by atoms with Crippen molar-refractivity contribution in [1.29, 1.82) is 0 Å². The van der Waals surface area contributed by atoms with Crippen LogP contribution < -0.4 is 10.6 Å². The number of halogens is 1. The number of thiazole rings is 1. The lowest BCUT2D eigenvalue weighted by molar-refractivity contribution is 0.0951. The van der Waals surface area contributed by atoms with Gasteiger partial charge < -0.3 is 10.6 Å². The SMILES string of the molecule is CCCNc1c(F)cccc1C(=O)NCc1ncc(C)s1. The normalized spacial score (nSPS) is 10.4. The fraction of sp³-hybridized carbons (Fsp3) is 0.333. The van der Waals surface area contributed by atoms with Crippen LogP contribution in [0.1, 0.15) is 33.6 Å². The van der Waals surface area contributed by atoms with E-state index in [1.807, 2.05) is 13.8 Å². The number of amides is 1. The first-order valence-corrected chi connectivity index (χ1v) is 7.65. The molecule has 112 valence electrons. The van der Waals surface area contributed by atoms with E-state index in [9.17, 15) is 9.18 Å². The molecular formula is C15H18FN3OS. The molecule has 1 aromatic heterocycles. The zero-order chi connectivity index (χ0) is 15.2. The fourth-order valence-electron chi connectivity index (χ4n) is 1.88. The van der Waals surface area contributed by atoms with Gasteiger partial charge in [-0.15, -0.1) is 11.3 Å². The smallest absolute Gasteiger partial charge is 0.253 e. The molecule has 0 fully saturated rings. The lowest BCUT2D eigenvalue weighted by Gasteiger charge is -2.12. The summed E-state index contributed by atoms with van der Waals surface area (Å²) in [6.07, 6.45) is 2.62. The molecule has 0 aliphatic heterocycles. The third-order valence-corrected chi connectivity index (χ3v) is 3.79. The average molecular weight is 307 g/mol. The highest BCUT2D eigenvalue weighted by Crippen LogP contribution is 2.20. The van der Waals surface area contributed by atoms with Crippen molar-refractivity contribution in [3.05, 3.63) is 45.7 Å². The average Bonchev–Trinajstić information content (AvgIpc) is 2.89. The second kappa shape index (κ2) is 7.17. The molecule has 0 saturated heterocycles. The molecule has 0 saturated carbocycles. The number of rotatable bonds is 6. The summed E-state index contributed by atoms with van der Waals surface area (Å²) in [5.41, 5.74) is 0.573. The van der Waals surface area contributed by atoms with E-state index in [1.165, 1.54) is 23.5 Å². The summed E-state index contributed by atoms with van der Waals surface area (Å²) >= 11 is 1.53. The van der Waals surface area contributed by atoms with Gasteiger partial charge >= 0.3 is 0 Å². The minimum Gasteiger partial charge on any atom is -0.382 e. The van der Waals surface area contributed by atoms with E-state index in [2.05, 4.69) is 15.6 Å². The van der Waals surface area contributed by atoms with Crippen LogP contribution >= 0.6 is 11.3 Å². The van der Waals surface area contributed by atoms with Crippen molar-refractivity contribution in [3.8, 4) is 0 Å². The highest BCUT2D eigenvalue weighted by molar-refractivity contribution is 7.11. The lowest BCUT2D eigenvalue weighted by atomic mass is 10.1. The maximum absolute atomic E-state index is 13.8. The number of carbonyl (C=O) groups excluding carboxylic acids is 1. The Bertz CT molecular complexity index is 627. The van der Waals surface area contributed by atoms with E-state index in [4.69, 9.17) is 0 Å². The molecule has 2 aromatic rings. The van der Waals surface area contributed by atoms with Crippen molar-refractivity contribution in [3.63, 3.8) is 0 Å². The summed E-state index contributed by atoms with van der Waals surface area (Å²) in [4.78, 5) is 17.5. The number of nitrogens with zero attached hydrogens (tertiary/aromatic N) is 1. The number of anilines is 1. The highest BCUT2D eigenvalue weighted by atomic mass is 32.1. The summed E-state index contributed by atoms with van der Waals surface area (Å²) in [5.74, 6) is -0.720. The molecule has 0 unspecified atom stereocenters. The molecule has 0 spiro atoms. The van der Waals surface area contributed by atoms with Crippen molar-refractivity contribution in [2.24, 2.45) is 0 Å². The minimum absolute atomic E-state index is 0.257. The molecule has 2 rings (SSSR count). The molecule has 1 heterocycles. The minimum atomic E-state index is -0.416. The van der Waals surface area contributed by atoms with Crippen LogP contribution in [0.2, 0.25) is 0 Å². The molecule has 2 N–H and O–H groups in total. The van der Waals surface area contributed by atoms with E-state index in [1.54, 1.807) is 12.3 Å². The number of nitrogens with one attached hydrogen (secondary N) is 2. The first-order valence-electron chi connectivity index (χ1n) is 6.83. The van der Waals surface area contributed by atoms with Crippen LogP contribution in [0, 0.1) is 12.7 Å². The number of para-hydroxylation sites is 1. The van der Waals surface area contributed by atoms with E-state index in [0.717, 1.165) is 16.3 Å². The van der Waals surface area contributed by atoms with Gasteiger partial charge in [0.15, 0.2) is 0 Å². The third kappa shape index (κ3) is 4.01. The fourth-order valence-corrected chi connectivity index (χ4v) is 2.60. The van der Waals surface area contributed by atoms with Gasteiger partial charge in [0.25, 0.3) is 5.91 Å². The Hall–Kier alpha value is -1.95. The van der Waals surface area contributed by atoms with Crippen LogP contribution in [0.3, 0.4) is 0 Å². The molecule has 0 atom stereocenters. The molecular weight excluding hydrogens is 289 g/mol. The van der Waals surface area contributed by atoms with Crippen molar-refractivity contribution in [1.82, 2.24) is 10.3 Å². The Morgan fingerprint density at radius 1 is 1.43 bits per heavy atom. The molecule has 6 heteroatoms. The van der Waals surface area contributed by atoms with Crippen LogP contribution in [0.5, 0.6) is 0 Å². The van der Waals surface area contributed by atoms with Gasteiger partial charge in [0, 0.05) is 17.6 Å². The van der Waals surface area contributed by atoms with Crippen LogP contribution in [-0.2, 0) is 6.54 Å². The van der Waals surface area contributed by atoms with Gasteiger partial charge in [0.1, 0.15) is 10.8 Å². The Morgan fingerprint density at radius 2 is 2.24 bits per heavy atom. The zero-order valence-corrected chi connectivity index (χ0v) is 12.9. The van der Waals surface area contributed by atoms with Crippen LogP contribution in [-0.4, -0.2) is 17.4 Å². The molecule has 0 bridgehead atoms. The van der Waals surface area contributed by atoms with Crippen LogP contribution in [0.15, 0.2) is 24.4 Å². The van der Waals surface area contributed by atoms with Crippen molar-refractivity contribution in [2.75, 3.05) is 11.9 Å². The Kier molecular flexibility index (Phi) is 5.27. The second-order valence-corrected chi connectivity index (χ2v) is 5.96. The van der Waals surface area contributed by atoms with E-state index < -0.39 is 5.82 Å². The Morgan fingerprint density at radius 3 is 2.90 bits per heavy atom. The molecule has 21 heavy (non-hydrogen) atoms. The van der Waals surface area contributed by atoms with E-state index >= 15 is 0 Å². The number of aromatic nitrogens is 1. The highest BCUT2D eigenvalue weighted by Gasteiger charge is 2.14. The van der Waals surface area contributed by atoms with Gasteiger partial charge in [-0.3, -0.25) is 4.79 Å². The van der Waals surface area contributed by atoms with Crippen molar-refractivity contribution < 1.29 is 9.18 Å². The molecule has 4 nitrogen and oxygen atoms in total. The predicted octanol–water partition coefficient (Wildman–Crippen LogP) is 3.34. The van der Waals surface area contributed by atoms with Crippen LogP contribution in [0.4, 0.5) is 10.1 Å². The van der Waals surface area contributed by atoms with E-state index in [-0.39, 0.29) is 11.6 Å². The van der Waals surface area contributed by atoms with Crippen molar-refractivity contribution >= 4 is 22.9 Å². The summed E-state index contributed by atoms with van der Waals surface area (Å²) in [6, 6.07) is 4.50.